The summed E-state index contributed by atoms with van der Waals surface area (Å²) in [7, 11) is 3.01. The molecular weight excluding hydrogens is 314 g/mol. The zero-order valence-electron chi connectivity index (χ0n) is 13.3. The fourth-order valence-electron chi connectivity index (χ4n) is 1.81. The summed E-state index contributed by atoms with van der Waals surface area (Å²) in [5, 5.41) is 2.60. The van der Waals surface area contributed by atoms with Crippen molar-refractivity contribution >= 4 is 23.6 Å². The SMILES string of the molecule is COc1ccc(NC(=O)COC(=O)/C=C/c2ccco2)c(OC)c1. The van der Waals surface area contributed by atoms with E-state index in [2.05, 4.69) is 5.32 Å². The van der Waals surface area contributed by atoms with E-state index in [0.717, 1.165) is 0 Å². The normalized spacial score (nSPS) is 10.4. The van der Waals surface area contributed by atoms with Crippen LogP contribution in [0.3, 0.4) is 0 Å². The maximum Gasteiger partial charge on any atom is 0.331 e. The molecule has 0 saturated carbocycles. The number of benzene rings is 1. The molecular formula is C17H17NO6. The van der Waals surface area contributed by atoms with Gasteiger partial charge in [-0.05, 0) is 30.3 Å². The molecule has 126 valence electrons. The van der Waals surface area contributed by atoms with Crippen LogP contribution in [0.15, 0.2) is 47.1 Å². The number of rotatable bonds is 7. The smallest absolute Gasteiger partial charge is 0.331 e. The molecule has 1 aromatic carbocycles. The van der Waals surface area contributed by atoms with E-state index in [9.17, 15) is 9.59 Å². The number of ether oxygens (including phenoxy) is 3. The molecule has 0 fully saturated rings. The zero-order valence-corrected chi connectivity index (χ0v) is 13.3. The van der Waals surface area contributed by atoms with E-state index in [1.165, 1.54) is 32.6 Å². The van der Waals surface area contributed by atoms with Crippen molar-refractivity contribution in [1.82, 2.24) is 0 Å². The van der Waals surface area contributed by atoms with Gasteiger partial charge in [-0.1, -0.05) is 0 Å². The molecule has 0 aliphatic heterocycles. The van der Waals surface area contributed by atoms with Crippen molar-refractivity contribution in [1.29, 1.82) is 0 Å². The first-order valence-electron chi connectivity index (χ1n) is 7.02. The van der Waals surface area contributed by atoms with E-state index in [0.29, 0.717) is 22.9 Å². The number of esters is 1. The summed E-state index contributed by atoms with van der Waals surface area (Å²) in [5.74, 6) is 0.409. The Labute approximate surface area is 138 Å². The highest BCUT2D eigenvalue weighted by molar-refractivity contribution is 5.95. The lowest BCUT2D eigenvalue weighted by Crippen LogP contribution is -2.20. The lowest BCUT2D eigenvalue weighted by molar-refractivity contribution is -0.142. The summed E-state index contributed by atoms with van der Waals surface area (Å²) >= 11 is 0. The maximum atomic E-state index is 11.9. The lowest BCUT2D eigenvalue weighted by Gasteiger charge is -2.11. The molecule has 2 rings (SSSR count). The molecule has 1 aromatic heterocycles. The molecule has 0 aliphatic carbocycles. The van der Waals surface area contributed by atoms with Crippen molar-refractivity contribution in [3.8, 4) is 11.5 Å². The Morgan fingerprint density at radius 2 is 2.04 bits per heavy atom. The van der Waals surface area contributed by atoms with Gasteiger partial charge in [0.1, 0.15) is 17.3 Å². The first-order chi connectivity index (χ1) is 11.6. The second kappa shape index (κ2) is 8.42. The van der Waals surface area contributed by atoms with Crippen LogP contribution in [0, 0.1) is 0 Å². The van der Waals surface area contributed by atoms with Gasteiger partial charge >= 0.3 is 5.97 Å². The average Bonchev–Trinajstić information content (AvgIpc) is 3.12. The molecule has 24 heavy (non-hydrogen) atoms. The van der Waals surface area contributed by atoms with E-state index >= 15 is 0 Å². The van der Waals surface area contributed by atoms with Gasteiger partial charge in [0.2, 0.25) is 0 Å². The van der Waals surface area contributed by atoms with Gasteiger partial charge in [-0.3, -0.25) is 4.79 Å². The van der Waals surface area contributed by atoms with Crippen LogP contribution in [0.2, 0.25) is 0 Å². The van der Waals surface area contributed by atoms with Crippen molar-refractivity contribution in [2.75, 3.05) is 26.1 Å². The molecule has 0 atom stereocenters. The van der Waals surface area contributed by atoms with Gasteiger partial charge in [0.15, 0.2) is 6.61 Å². The highest BCUT2D eigenvalue weighted by Crippen LogP contribution is 2.28. The molecule has 2 aromatic rings. The van der Waals surface area contributed by atoms with Crippen LogP contribution in [0.5, 0.6) is 11.5 Å². The van der Waals surface area contributed by atoms with Gasteiger partial charge in [0.05, 0.1) is 26.2 Å². The van der Waals surface area contributed by atoms with Crippen LogP contribution in [-0.4, -0.2) is 32.7 Å². The number of methoxy groups -OCH3 is 2. The molecule has 0 unspecified atom stereocenters. The van der Waals surface area contributed by atoms with Crippen molar-refractivity contribution in [2.24, 2.45) is 0 Å². The Hall–Kier alpha value is -3.22. The summed E-state index contributed by atoms with van der Waals surface area (Å²) in [6, 6.07) is 8.32. The van der Waals surface area contributed by atoms with E-state index in [4.69, 9.17) is 18.6 Å². The van der Waals surface area contributed by atoms with Gasteiger partial charge in [0.25, 0.3) is 5.91 Å². The van der Waals surface area contributed by atoms with Crippen LogP contribution in [0.25, 0.3) is 6.08 Å². The molecule has 1 heterocycles. The molecule has 1 amide bonds. The third-order valence-corrected chi connectivity index (χ3v) is 2.96. The Kier molecular flexibility index (Phi) is 6.01. The quantitative estimate of drug-likeness (QED) is 0.619. The predicted molar refractivity (Wildman–Crippen MR) is 86.9 cm³/mol. The van der Waals surface area contributed by atoms with Gasteiger partial charge < -0.3 is 23.9 Å². The fourth-order valence-corrected chi connectivity index (χ4v) is 1.81. The number of amides is 1. The van der Waals surface area contributed by atoms with Gasteiger partial charge in [0, 0.05) is 12.1 Å². The molecule has 0 bridgehead atoms. The molecule has 0 saturated heterocycles. The standard InChI is InChI=1S/C17H17NO6/c1-21-13-5-7-14(15(10-13)22-2)18-16(19)11-24-17(20)8-6-12-4-3-9-23-12/h3-10H,11H2,1-2H3,(H,18,19)/b8-6+. The summed E-state index contributed by atoms with van der Waals surface area (Å²) in [4.78, 5) is 23.4. The number of nitrogens with one attached hydrogen (secondary N) is 1. The van der Waals surface area contributed by atoms with Crippen LogP contribution >= 0.6 is 0 Å². The van der Waals surface area contributed by atoms with Crippen molar-refractivity contribution < 1.29 is 28.2 Å². The fraction of sp³-hybridized carbons (Fsp3) is 0.176. The number of furan rings is 1. The van der Waals surface area contributed by atoms with Crippen LogP contribution in [-0.2, 0) is 14.3 Å². The Bertz CT molecular complexity index is 721. The highest BCUT2D eigenvalue weighted by atomic mass is 16.5. The van der Waals surface area contributed by atoms with E-state index in [1.54, 1.807) is 30.3 Å². The molecule has 0 aliphatic rings. The second-order valence-electron chi connectivity index (χ2n) is 4.57. The third kappa shape index (κ3) is 4.91. The molecule has 1 N–H and O–H groups in total. The van der Waals surface area contributed by atoms with Crippen molar-refractivity contribution in [3.05, 3.63) is 48.4 Å². The molecule has 7 nitrogen and oxygen atoms in total. The summed E-state index contributed by atoms with van der Waals surface area (Å²) in [6.07, 6.45) is 4.12. The molecule has 7 heteroatoms. The second-order valence-corrected chi connectivity index (χ2v) is 4.57. The van der Waals surface area contributed by atoms with E-state index in [-0.39, 0.29) is 0 Å². The number of carbonyl (C=O) groups excluding carboxylic acids is 2. The minimum atomic E-state index is -0.650. The third-order valence-electron chi connectivity index (χ3n) is 2.96. The average molecular weight is 331 g/mol. The molecule has 0 radical (unpaired) electrons. The van der Waals surface area contributed by atoms with E-state index < -0.39 is 18.5 Å². The van der Waals surface area contributed by atoms with Gasteiger partial charge in [-0.2, -0.15) is 0 Å². The van der Waals surface area contributed by atoms with Crippen molar-refractivity contribution in [3.63, 3.8) is 0 Å². The number of hydrogen-bond acceptors (Lipinski definition) is 6. The van der Waals surface area contributed by atoms with Crippen molar-refractivity contribution in [2.45, 2.75) is 0 Å². The number of anilines is 1. The summed E-state index contributed by atoms with van der Waals surface area (Å²) in [6.45, 7) is -0.420. The number of hydrogen-bond donors (Lipinski definition) is 1. The zero-order chi connectivity index (χ0) is 17.4. The summed E-state index contributed by atoms with van der Waals surface area (Å²) < 4.78 is 20.1. The molecule has 0 spiro atoms. The van der Waals surface area contributed by atoms with Crippen LogP contribution < -0.4 is 14.8 Å². The first kappa shape index (κ1) is 17.1. The Balaban J connectivity index is 1.86. The monoisotopic (exact) mass is 331 g/mol. The predicted octanol–water partition coefficient (Wildman–Crippen LogP) is 2.49. The highest BCUT2D eigenvalue weighted by Gasteiger charge is 2.10. The van der Waals surface area contributed by atoms with Crippen LogP contribution in [0.4, 0.5) is 5.69 Å². The van der Waals surface area contributed by atoms with Gasteiger partial charge in [-0.25, -0.2) is 4.79 Å². The lowest BCUT2D eigenvalue weighted by atomic mass is 10.2. The largest absolute Gasteiger partial charge is 0.497 e. The Morgan fingerprint density at radius 3 is 2.71 bits per heavy atom. The topological polar surface area (TPSA) is 87.0 Å². The first-order valence-corrected chi connectivity index (χ1v) is 7.02. The summed E-state index contributed by atoms with van der Waals surface area (Å²) in [5.41, 5.74) is 0.450. The minimum Gasteiger partial charge on any atom is -0.497 e. The Morgan fingerprint density at radius 1 is 1.21 bits per heavy atom. The van der Waals surface area contributed by atoms with Gasteiger partial charge in [-0.15, -0.1) is 0 Å². The maximum absolute atomic E-state index is 11.9. The minimum absolute atomic E-state index is 0.420. The number of carbonyl (C=O) groups is 2. The van der Waals surface area contributed by atoms with E-state index in [1.807, 2.05) is 0 Å². The van der Waals surface area contributed by atoms with Crippen LogP contribution in [0.1, 0.15) is 5.76 Å².